The SMILES string of the molecule is Cc1cc(O)c2c(c1)[C@H]([C@@H](C)CCC(O)C(C)(C)N)CC[C@H]2C. The van der Waals surface area contributed by atoms with E-state index in [0.29, 0.717) is 23.5 Å². The molecule has 0 radical (unpaired) electrons. The lowest BCUT2D eigenvalue weighted by atomic mass is 9.70. The van der Waals surface area contributed by atoms with Crippen molar-refractivity contribution in [2.75, 3.05) is 0 Å². The molecule has 1 aromatic rings. The van der Waals surface area contributed by atoms with Crippen molar-refractivity contribution in [2.24, 2.45) is 11.7 Å². The molecule has 0 heterocycles. The number of nitrogens with two attached hydrogens (primary N) is 1. The molecule has 0 saturated carbocycles. The maximum absolute atomic E-state index is 10.4. The van der Waals surface area contributed by atoms with Gasteiger partial charge in [0.1, 0.15) is 5.75 Å². The molecular weight excluding hydrogens is 286 g/mol. The van der Waals surface area contributed by atoms with E-state index in [2.05, 4.69) is 19.9 Å². The molecule has 1 aliphatic carbocycles. The normalized spacial score (nSPS) is 24.1. The summed E-state index contributed by atoms with van der Waals surface area (Å²) in [4.78, 5) is 0. The first-order valence-corrected chi connectivity index (χ1v) is 8.91. The Bertz CT molecular complexity index is 547. The predicted molar refractivity (Wildman–Crippen MR) is 95.9 cm³/mol. The van der Waals surface area contributed by atoms with Gasteiger partial charge in [0.05, 0.1) is 6.10 Å². The highest BCUT2D eigenvalue weighted by Gasteiger charge is 2.32. The largest absolute Gasteiger partial charge is 0.508 e. The van der Waals surface area contributed by atoms with E-state index in [1.54, 1.807) is 0 Å². The Morgan fingerprint density at radius 2 is 1.91 bits per heavy atom. The smallest absolute Gasteiger partial charge is 0.119 e. The Morgan fingerprint density at radius 1 is 1.26 bits per heavy atom. The van der Waals surface area contributed by atoms with Gasteiger partial charge in [-0.05, 0) is 81.4 Å². The van der Waals surface area contributed by atoms with Crippen molar-refractivity contribution in [3.63, 3.8) is 0 Å². The van der Waals surface area contributed by atoms with Crippen LogP contribution in [0, 0.1) is 12.8 Å². The van der Waals surface area contributed by atoms with E-state index < -0.39 is 11.6 Å². The molecule has 0 aromatic heterocycles. The molecule has 1 unspecified atom stereocenters. The van der Waals surface area contributed by atoms with Gasteiger partial charge in [0, 0.05) is 11.1 Å². The zero-order chi connectivity index (χ0) is 17.4. The molecule has 4 atom stereocenters. The van der Waals surface area contributed by atoms with Crippen LogP contribution in [0.15, 0.2) is 12.1 Å². The second kappa shape index (κ2) is 6.82. The molecule has 0 aliphatic heterocycles. The lowest BCUT2D eigenvalue weighted by Gasteiger charge is -2.35. The number of hydrogen-bond acceptors (Lipinski definition) is 3. The maximum atomic E-state index is 10.4. The monoisotopic (exact) mass is 319 g/mol. The van der Waals surface area contributed by atoms with E-state index in [-0.39, 0.29) is 0 Å². The Labute approximate surface area is 140 Å². The lowest BCUT2D eigenvalue weighted by molar-refractivity contribution is 0.0871. The zero-order valence-corrected chi connectivity index (χ0v) is 15.3. The van der Waals surface area contributed by atoms with Crippen LogP contribution < -0.4 is 5.73 Å². The third-order valence-electron chi connectivity index (χ3n) is 5.58. The molecule has 1 aromatic carbocycles. The molecule has 3 nitrogen and oxygen atoms in total. The van der Waals surface area contributed by atoms with Gasteiger partial charge in [-0.3, -0.25) is 0 Å². The van der Waals surface area contributed by atoms with Gasteiger partial charge < -0.3 is 15.9 Å². The van der Waals surface area contributed by atoms with E-state index in [1.165, 1.54) is 5.56 Å². The fourth-order valence-corrected chi connectivity index (χ4v) is 3.96. The maximum Gasteiger partial charge on any atom is 0.119 e. The van der Waals surface area contributed by atoms with Gasteiger partial charge in [-0.1, -0.05) is 19.9 Å². The molecule has 3 heteroatoms. The van der Waals surface area contributed by atoms with Crippen molar-refractivity contribution in [3.05, 3.63) is 28.8 Å². The summed E-state index contributed by atoms with van der Waals surface area (Å²) in [5.41, 5.74) is 9.02. The van der Waals surface area contributed by atoms with E-state index >= 15 is 0 Å². The zero-order valence-electron chi connectivity index (χ0n) is 15.3. The fraction of sp³-hybridized carbons (Fsp3) is 0.700. The lowest BCUT2D eigenvalue weighted by Crippen LogP contribution is -2.45. The average Bonchev–Trinajstić information content (AvgIpc) is 2.42. The first kappa shape index (κ1) is 18.3. The second-order valence-corrected chi connectivity index (χ2v) is 8.26. The van der Waals surface area contributed by atoms with Crippen molar-refractivity contribution in [2.45, 2.75) is 83.8 Å². The third kappa shape index (κ3) is 4.07. The summed E-state index contributed by atoms with van der Waals surface area (Å²) in [6, 6.07) is 4.12. The molecule has 0 fully saturated rings. The number of benzene rings is 1. The Kier molecular flexibility index (Phi) is 5.42. The Hall–Kier alpha value is -1.06. The van der Waals surface area contributed by atoms with E-state index in [4.69, 9.17) is 5.73 Å². The molecule has 0 amide bonds. The minimum Gasteiger partial charge on any atom is -0.508 e. The van der Waals surface area contributed by atoms with E-state index in [0.717, 1.165) is 36.8 Å². The topological polar surface area (TPSA) is 66.5 Å². The highest BCUT2D eigenvalue weighted by molar-refractivity contribution is 5.48. The summed E-state index contributed by atoms with van der Waals surface area (Å²) in [7, 11) is 0. The van der Waals surface area contributed by atoms with Crippen LogP contribution in [-0.4, -0.2) is 21.9 Å². The Balaban J connectivity index is 2.17. The van der Waals surface area contributed by atoms with Gasteiger partial charge in [0.2, 0.25) is 0 Å². The fourth-order valence-electron chi connectivity index (χ4n) is 3.96. The van der Waals surface area contributed by atoms with Crippen LogP contribution >= 0.6 is 0 Å². The van der Waals surface area contributed by atoms with E-state index in [1.807, 2.05) is 26.8 Å². The van der Waals surface area contributed by atoms with E-state index in [9.17, 15) is 10.2 Å². The highest BCUT2D eigenvalue weighted by Crippen LogP contribution is 2.47. The van der Waals surface area contributed by atoms with Crippen molar-refractivity contribution >= 4 is 0 Å². The number of fused-ring (bicyclic) bond motifs is 1. The molecule has 1 aliphatic rings. The second-order valence-electron chi connectivity index (χ2n) is 8.26. The van der Waals surface area contributed by atoms with Crippen molar-refractivity contribution in [1.29, 1.82) is 0 Å². The van der Waals surface area contributed by atoms with Gasteiger partial charge in [-0.25, -0.2) is 0 Å². The molecule has 130 valence electrons. The summed E-state index contributed by atoms with van der Waals surface area (Å²) in [6.45, 7) is 10.3. The van der Waals surface area contributed by atoms with Gasteiger partial charge in [-0.2, -0.15) is 0 Å². The number of phenols is 1. The third-order valence-corrected chi connectivity index (χ3v) is 5.58. The summed E-state index contributed by atoms with van der Waals surface area (Å²) in [6.07, 6.45) is 3.47. The number of aliphatic hydroxyl groups excluding tert-OH is 1. The summed E-state index contributed by atoms with van der Waals surface area (Å²) in [5.74, 6) is 1.80. The van der Waals surface area contributed by atoms with Crippen molar-refractivity contribution in [1.82, 2.24) is 0 Å². The molecule has 2 rings (SSSR count). The number of aliphatic hydroxyl groups is 1. The summed E-state index contributed by atoms with van der Waals surface area (Å²) >= 11 is 0. The molecule has 4 N–H and O–H groups in total. The van der Waals surface area contributed by atoms with Crippen LogP contribution in [0.3, 0.4) is 0 Å². The highest BCUT2D eigenvalue weighted by atomic mass is 16.3. The van der Waals surface area contributed by atoms with Gasteiger partial charge in [-0.15, -0.1) is 0 Å². The number of rotatable bonds is 5. The van der Waals surface area contributed by atoms with Gasteiger partial charge in [0.25, 0.3) is 0 Å². The summed E-state index contributed by atoms with van der Waals surface area (Å²) in [5, 5.41) is 20.6. The standard InChI is InChI=1S/C20H33NO2/c1-12-10-16-15(8-6-14(3)19(16)17(22)11-12)13(2)7-9-18(23)20(4,5)21/h10-11,13-15,18,22-23H,6-9,21H2,1-5H3/t13-,14+,15-,18?/m0/s1. The molecular formula is C20H33NO2. The van der Waals surface area contributed by atoms with Crippen LogP contribution in [0.2, 0.25) is 0 Å². The quantitative estimate of drug-likeness (QED) is 0.762. The minimum atomic E-state index is -0.548. The number of aromatic hydroxyl groups is 1. The van der Waals surface area contributed by atoms with Crippen molar-refractivity contribution < 1.29 is 10.2 Å². The molecule has 0 saturated heterocycles. The summed E-state index contributed by atoms with van der Waals surface area (Å²) < 4.78 is 0. The molecule has 0 bridgehead atoms. The first-order valence-electron chi connectivity index (χ1n) is 8.91. The first-order chi connectivity index (χ1) is 10.6. The molecule has 0 spiro atoms. The van der Waals surface area contributed by atoms with Crippen LogP contribution in [-0.2, 0) is 0 Å². The minimum absolute atomic E-state index is 0.419. The van der Waals surface area contributed by atoms with Crippen molar-refractivity contribution in [3.8, 4) is 5.75 Å². The van der Waals surface area contributed by atoms with Crippen LogP contribution in [0.4, 0.5) is 0 Å². The average molecular weight is 319 g/mol. The number of aryl methyl sites for hydroxylation is 1. The van der Waals surface area contributed by atoms with Crippen LogP contribution in [0.5, 0.6) is 5.75 Å². The predicted octanol–water partition coefficient (Wildman–Crippen LogP) is 4.20. The number of phenolic OH excluding ortho intramolecular Hbond substituents is 1. The molecule has 23 heavy (non-hydrogen) atoms. The van der Waals surface area contributed by atoms with Crippen LogP contribution in [0.25, 0.3) is 0 Å². The van der Waals surface area contributed by atoms with Crippen LogP contribution in [0.1, 0.15) is 81.9 Å². The van der Waals surface area contributed by atoms with Gasteiger partial charge in [0.15, 0.2) is 0 Å². The van der Waals surface area contributed by atoms with Gasteiger partial charge >= 0.3 is 0 Å². The Morgan fingerprint density at radius 3 is 2.52 bits per heavy atom. The number of hydrogen-bond donors (Lipinski definition) is 3.